The molecule has 0 spiro atoms. The minimum absolute atomic E-state index is 0.449. The van der Waals surface area contributed by atoms with E-state index in [2.05, 4.69) is 14.8 Å². The predicted octanol–water partition coefficient (Wildman–Crippen LogP) is -0.335. The number of hydrogen-bond donors (Lipinski definition) is 1. The second kappa shape index (κ2) is 4.52. The third-order valence-electron chi connectivity index (χ3n) is 2.18. The van der Waals surface area contributed by atoms with Crippen molar-refractivity contribution in [1.29, 1.82) is 0 Å². The Morgan fingerprint density at radius 2 is 2.40 bits per heavy atom. The Hall–Kier alpha value is -1.94. The topological polar surface area (TPSA) is 91.8 Å². The highest BCUT2D eigenvalue weighted by Crippen LogP contribution is 2.23. The highest BCUT2D eigenvalue weighted by molar-refractivity contribution is 6.24. The van der Waals surface area contributed by atoms with E-state index >= 15 is 0 Å². The van der Waals surface area contributed by atoms with Gasteiger partial charge in [-0.25, -0.2) is 4.79 Å². The third kappa shape index (κ3) is 2.30. The SMILES string of the molecule is COC(=O)[C@@]1(NC(=O)C=[N+]=[N-])C=CCC1. The fourth-order valence-corrected chi connectivity index (χ4v) is 1.49. The summed E-state index contributed by atoms with van der Waals surface area (Å²) in [6.07, 6.45) is 5.20. The number of ether oxygens (including phenoxy) is 1. The van der Waals surface area contributed by atoms with Crippen LogP contribution in [0.2, 0.25) is 0 Å². The van der Waals surface area contributed by atoms with Crippen LogP contribution in [0.25, 0.3) is 5.53 Å². The standard InChI is InChI=1S/C9H11N3O3/c1-15-8(14)9(4-2-3-5-9)12-7(13)6-11-10/h2,4,6H,3,5H2,1H3,(H,12,13)/t9-/m1/s1. The zero-order chi connectivity index (χ0) is 11.3. The summed E-state index contributed by atoms with van der Waals surface area (Å²) in [7, 11) is 1.25. The first-order valence-electron chi connectivity index (χ1n) is 4.40. The summed E-state index contributed by atoms with van der Waals surface area (Å²) in [5.74, 6) is -1.18. The van der Waals surface area contributed by atoms with E-state index < -0.39 is 17.4 Å². The van der Waals surface area contributed by atoms with E-state index in [1.165, 1.54) is 7.11 Å². The molecule has 1 atom stereocenters. The molecule has 6 nitrogen and oxygen atoms in total. The van der Waals surface area contributed by atoms with Gasteiger partial charge < -0.3 is 15.6 Å². The van der Waals surface area contributed by atoms with Crippen molar-refractivity contribution in [3.05, 3.63) is 17.7 Å². The molecule has 0 aliphatic heterocycles. The molecule has 0 unspecified atom stereocenters. The van der Waals surface area contributed by atoms with Gasteiger partial charge in [0.2, 0.25) is 0 Å². The number of nitrogens with one attached hydrogen (secondary N) is 1. The summed E-state index contributed by atoms with van der Waals surface area (Å²) in [6.45, 7) is 0. The molecule has 0 heterocycles. The van der Waals surface area contributed by atoms with Crippen LogP contribution in [0.3, 0.4) is 0 Å². The number of amides is 1. The highest BCUT2D eigenvalue weighted by atomic mass is 16.5. The third-order valence-corrected chi connectivity index (χ3v) is 2.18. The van der Waals surface area contributed by atoms with Crippen molar-refractivity contribution in [3.8, 4) is 0 Å². The van der Waals surface area contributed by atoms with E-state index in [4.69, 9.17) is 5.53 Å². The van der Waals surface area contributed by atoms with Gasteiger partial charge in [-0.1, -0.05) is 12.2 Å². The number of carbonyl (C=O) groups is 2. The van der Waals surface area contributed by atoms with Gasteiger partial charge in [0.25, 0.3) is 0 Å². The normalized spacial score (nSPS) is 23.0. The summed E-state index contributed by atoms with van der Waals surface area (Å²) in [5, 5.41) is 2.43. The molecule has 0 aromatic heterocycles. The first kappa shape index (κ1) is 11.1. The molecular weight excluding hydrogens is 198 g/mol. The van der Waals surface area contributed by atoms with E-state index in [0.717, 1.165) is 0 Å². The van der Waals surface area contributed by atoms with Crippen molar-refractivity contribution in [1.82, 2.24) is 5.32 Å². The monoisotopic (exact) mass is 209 g/mol. The maximum atomic E-state index is 11.5. The van der Waals surface area contributed by atoms with Crippen molar-refractivity contribution in [2.45, 2.75) is 18.4 Å². The van der Waals surface area contributed by atoms with E-state index in [1.54, 1.807) is 12.2 Å². The second-order valence-electron chi connectivity index (χ2n) is 3.14. The Balaban J connectivity index is 2.83. The smallest absolute Gasteiger partial charge is 0.344 e. The van der Waals surface area contributed by atoms with E-state index in [1.807, 2.05) is 0 Å². The van der Waals surface area contributed by atoms with Crippen molar-refractivity contribution in [3.63, 3.8) is 0 Å². The average Bonchev–Trinajstić information content (AvgIpc) is 2.66. The van der Waals surface area contributed by atoms with Crippen molar-refractivity contribution in [2.75, 3.05) is 7.11 Å². The van der Waals surface area contributed by atoms with E-state index in [-0.39, 0.29) is 0 Å². The number of nitrogens with zero attached hydrogens (tertiary/aromatic N) is 2. The van der Waals surface area contributed by atoms with Gasteiger partial charge in [-0.3, -0.25) is 4.79 Å². The van der Waals surface area contributed by atoms with Gasteiger partial charge in [0.05, 0.1) is 7.11 Å². The Bertz CT molecular complexity index is 358. The second-order valence-corrected chi connectivity index (χ2v) is 3.14. The predicted molar refractivity (Wildman–Crippen MR) is 50.9 cm³/mol. The van der Waals surface area contributed by atoms with Crippen LogP contribution in [-0.4, -0.2) is 35.5 Å². The van der Waals surface area contributed by atoms with Crippen LogP contribution in [-0.2, 0) is 14.3 Å². The molecule has 1 rings (SSSR count). The lowest BCUT2D eigenvalue weighted by molar-refractivity contribution is -0.148. The minimum Gasteiger partial charge on any atom is -0.467 e. The molecule has 6 heteroatoms. The van der Waals surface area contributed by atoms with Crippen molar-refractivity contribution >= 4 is 18.1 Å². The average molecular weight is 209 g/mol. The van der Waals surface area contributed by atoms with Crippen LogP contribution in [0.5, 0.6) is 0 Å². The Morgan fingerprint density at radius 1 is 1.67 bits per heavy atom. The number of carbonyl (C=O) groups excluding carboxylic acids is 2. The number of rotatable bonds is 3. The molecule has 1 N–H and O–H groups in total. The zero-order valence-electron chi connectivity index (χ0n) is 8.27. The van der Waals surface area contributed by atoms with Crippen molar-refractivity contribution in [2.24, 2.45) is 0 Å². The molecule has 15 heavy (non-hydrogen) atoms. The van der Waals surface area contributed by atoms with E-state index in [9.17, 15) is 9.59 Å². The minimum atomic E-state index is -1.12. The molecule has 0 radical (unpaired) electrons. The maximum absolute atomic E-state index is 11.5. The molecule has 1 aliphatic rings. The maximum Gasteiger partial charge on any atom is 0.344 e. The summed E-state index contributed by atoms with van der Waals surface area (Å²) >= 11 is 0. The molecule has 0 bridgehead atoms. The fourth-order valence-electron chi connectivity index (χ4n) is 1.49. The molecule has 0 aromatic carbocycles. The van der Waals surface area contributed by atoms with Gasteiger partial charge in [-0.05, 0) is 12.8 Å². The lowest BCUT2D eigenvalue weighted by Crippen LogP contribution is -2.52. The van der Waals surface area contributed by atoms with Gasteiger partial charge in [0.15, 0.2) is 5.54 Å². The van der Waals surface area contributed by atoms with Gasteiger partial charge in [-0.2, -0.15) is 4.79 Å². The molecule has 0 saturated heterocycles. The van der Waals surface area contributed by atoms with Crippen LogP contribution < -0.4 is 5.32 Å². The van der Waals surface area contributed by atoms with Gasteiger partial charge in [0, 0.05) is 0 Å². The van der Waals surface area contributed by atoms with Crippen LogP contribution in [0.4, 0.5) is 0 Å². The van der Waals surface area contributed by atoms with Gasteiger partial charge in [0.1, 0.15) is 0 Å². The number of allylic oxidation sites excluding steroid dienone is 1. The zero-order valence-corrected chi connectivity index (χ0v) is 8.27. The largest absolute Gasteiger partial charge is 0.467 e. The molecule has 1 amide bonds. The molecule has 0 aromatic rings. The Labute approximate surface area is 86.5 Å². The van der Waals surface area contributed by atoms with Gasteiger partial charge >= 0.3 is 18.1 Å². The number of esters is 1. The molecular formula is C9H11N3O3. The van der Waals surface area contributed by atoms with Gasteiger partial charge in [-0.15, -0.1) is 0 Å². The molecule has 0 saturated carbocycles. The Kier molecular flexibility index (Phi) is 3.36. The molecule has 80 valence electrons. The first-order valence-corrected chi connectivity index (χ1v) is 4.40. The van der Waals surface area contributed by atoms with Crippen LogP contribution >= 0.6 is 0 Å². The Morgan fingerprint density at radius 3 is 2.87 bits per heavy atom. The van der Waals surface area contributed by atoms with Crippen LogP contribution in [0.15, 0.2) is 12.2 Å². The number of hydrogen-bond acceptors (Lipinski definition) is 3. The summed E-state index contributed by atoms with van der Waals surface area (Å²) in [4.78, 5) is 25.2. The van der Waals surface area contributed by atoms with Crippen LogP contribution in [0, 0.1) is 0 Å². The quantitative estimate of drug-likeness (QED) is 0.227. The summed E-state index contributed by atoms with van der Waals surface area (Å²) in [6, 6.07) is 0. The highest BCUT2D eigenvalue weighted by Gasteiger charge is 2.40. The molecule has 0 fully saturated rings. The molecule has 1 aliphatic carbocycles. The first-order chi connectivity index (χ1) is 7.14. The lowest BCUT2D eigenvalue weighted by Gasteiger charge is -2.23. The summed E-state index contributed by atoms with van der Waals surface area (Å²) < 4.78 is 4.60. The lowest BCUT2D eigenvalue weighted by atomic mass is 9.99. The fraction of sp³-hybridized carbons (Fsp3) is 0.444. The van der Waals surface area contributed by atoms with Crippen LogP contribution in [0.1, 0.15) is 12.8 Å². The van der Waals surface area contributed by atoms with Crippen molar-refractivity contribution < 1.29 is 19.1 Å². The van der Waals surface area contributed by atoms with E-state index in [0.29, 0.717) is 19.1 Å². The summed E-state index contributed by atoms with van der Waals surface area (Å²) in [5.41, 5.74) is 7.05. The number of methoxy groups -OCH3 is 1.